The SMILES string of the molecule is COC(=O)N[C@H]1CCC[C@@H]1[C@](CN1CCC1)(c1cccc(F)c1)C1CCN(CC2(F)CN(c3ccc(S(=O)(=O)C4CC(C)(O)C4)cc3)C2)CC1. The van der Waals surface area contributed by atoms with Gasteiger partial charge in [0.25, 0.3) is 0 Å². The molecule has 0 bridgehead atoms. The molecule has 1 amide bonds. The number of piperidine rings is 1. The van der Waals surface area contributed by atoms with Crippen molar-refractivity contribution < 1.29 is 31.8 Å². The normalized spacial score (nSPS) is 30.1. The molecule has 3 aliphatic heterocycles. The fourth-order valence-corrected chi connectivity index (χ4v) is 11.9. The predicted octanol–water partition coefficient (Wildman–Crippen LogP) is 4.92. The van der Waals surface area contributed by atoms with E-state index in [1.807, 2.05) is 11.0 Å². The van der Waals surface area contributed by atoms with Gasteiger partial charge in [-0.25, -0.2) is 22.0 Å². The number of benzene rings is 2. The third-order valence-corrected chi connectivity index (χ3v) is 14.7. The highest BCUT2D eigenvalue weighted by molar-refractivity contribution is 7.92. The summed E-state index contributed by atoms with van der Waals surface area (Å²) < 4.78 is 62.0. The second-order valence-electron chi connectivity index (χ2n) is 16.1. The number of likely N-dealkylation sites (tertiary alicyclic amines) is 2. The number of carbonyl (C=O) groups excluding carboxylic acids is 1. The molecule has 3 heterocycles. The van der Waals surface area contributed by atoms with Crippen molar-refractivity contribution in [1.29, 1.82) is 0 Å². The number of methoxy groups -OCH3 is 1. The van der Waals surface area contributed by atoms with Crippen LogP contribution in [0.1, 0.15) is 63.9 Å². The molecule has 2 aromatic carbocycles. The van der Waals surface area contributed by atoms with Gasteiger partial charge >= 0.3 is 6.09 Å². The second-order valence-corrected chi connectivity index (χ2v) is 18.3. The maximum Gasteiger partial charge on any atom is 0.407 e. The number of hydrogen-bond acceptors (Lipinski definition) is 8. The second kappa shape index (κ2) is 13.6. The number of alkyl halides is 1. The predicted molar refractivity (Wildman–Crippen MR) is 188 cm³/mol. The van der Waals surface area contributed by atoms with E-state index in [9.17, 15) is 22.7 Å². The van der Waals surface area contributed by atoms with Crippen molar-refractivity contribution >= 4 is 21.6 Å². The van der Waals surface area contributed by atoms with Crippen LogP contribution in [0.15, 0.2) is 53.4 Å². The van der Waals surface area contributed by atoms with Crippen molar-refractivity contribution in [2.24, 2.45) is 11.8 Å². The monoisotopic (exact) mass is 714 g/mol. The molecule has 2 aliphatic carbocycles. The molecule has 3 atom stereocenters. The van der Waals surface area contributed by atoms with E-state index in [-0.39, 0.29) is 59.9 Å². The molecule has 2 N–H and O–H groups in total. The van der Waals surface area contributed by atoms with E-state index in [1.165, 1.54) is 13.2 Å². The van der Waals surface area contributed by atoms with Gasteiger partial charge in [0.15, 0.2) is 15.5 Å². The Labute approximate surface area is 295 Å². The van der Waals surface area contributed by atoms with E-state index in [4.69, 9.17) is 4.74 Å². The fraction of sp³-hybridized carbons (Fsp3) is 0.658. The van der Waals surface area contributed by atoms with Crippen LogP contribution in [-0.4, -0.2) is 111 Å². The number of amides is 1. The molecule has 0 unspecified atom stereocenters. The minimum Gasteiger partial charge on any atom is -0.453 e. The van der Waals surface area contributed by atoms with Crippen LogP contribution < -0.4 is 10.2 Å². The first-order valence-electron chi connectivity index (χ1n) is 18.4. The van der Waals surface area contributed by atoms with Crippen LogP contribution in [0.25, 0.3) is 0 Å². The average Bonchev–Trinajstić information content (AvgIpc) is 3.51. The highest BCUT2D eigenvalue weighted by Crippen LogP contribution is 2.52. The van der Waals surface area contributed by atoms with E-state index >= 15 is 4.39 Å². The molecular weight excluding hydrogens is 663 g/mol. The van der Waals surface area contributed by atoms with Crippen molar-refractivity contribution in [2.45, 2.75) is 91.2 Å². The van der Waals surface area contributed by atoms with Gasteiger partial charge in [-0.15, -0.1) is 0 Å². The van der Waals surface area contributed by atoms with Crippen LogP contribution in [-0.2, 0) is 20.0 Å². The number of hydrogen-bond donors (Lipinski definition) is 2. The molecule has 274 valence electrons. The largest absolute Gasteiger partial charge is 0.453 e. The van der Waals surface area contributed by atoms with Crippen LogP contribution in [0.3, 0.4) is 0 Å². The molecule has 7 rings (SSSR count). The van der Waals surface area contributed by atoms with E-state index in [0.717, 1.165) is 82.5 Å². The highest BCUT2D eigenvalue weighted by Gasteiger charge is 2.54. The lowest BCUT2D eigenvalue weighted by molar-refractivity contribution is -0.0116. The summed E-state index contributed by atoms with van der Waals surface area (Å²) in [4.78, 5) is 19.4. The van der Waals surface area contributed by atoms with E-state index < -0.39 is 32.5 Å². The summed E-state index contributed by atoms with van der Waals surface area (Å²) in [5.74, 6) is 0.111. The summed E-state index contributed by atoms with van der Waals surface area (Å²) in [5.41, 5.74) is -0.855. The van der Waals surface area contributed by atoms with Crippen LogP contribution in [0, 0.1) is 17.7 Å². The first-order valence-corrected chi connectivity index (χ1v) is 19.9. The minimum absolute atomic E-state index is 0.0659. The number of ether oxygens (including phenoxy) is 1. The molecule has 50 heavy (non-hydrogen) atoms. The van der Waals surface area contributed by atoms with Crippen molar-refractivity contribution in [3.05, 3.63) is 59.9 Å². The number of aliphatic hydroxyl groups is 1. The van der Waals surface area contributed by atoms with Gasteiger partial charge in [-0.3, -0.25) is 4.90 Å². The van der Waals surface area contributed by atoms with Gasteiger partial charge in [-0.2, -0.15) is 0 Å². The Balaban J connectivity index is 1.02. The van der Waals surface area contributed by atoms with Gasteiger partial charge < -0.3 is 25.0 Å². The third kappa shape index (κ3) is 6.89. The lowest BCUT2D eigenvalue weighted by Crippen LogP contribution is -2.65. The standard InChI is InChI=1S/C38H52F2N4O5S/c1-36(46)21-32(22-36)50(47,48)31-12-10-30(11-13-31)44-24-37(40,25-44)23-43-18-14-27(15-19-43)38(26-42-16-5-17-42,28-6-3-7-29(39)20-28)33-8-4-9-34(33)41-35(45)49-2/h3,6-7,10-13,20,27,32-34,46H,4-5,8-9,14-19,21-26H2,1-2H3,(H,41,45)/t32?,33-,34-,36?,38-/m0/s1. The Morgan fingerprint density at radius 2 is 1.70 bits per heavy atom. The van der Waals surface area contributed by atoms with E-state index in [0.29, 0.717) is 6.54 Å². The maximum absolute atomic E-state index is 16.1. The molecule has 0 spiro atoms. The number of alkyl carbamates (subject to hydrolysis) is 1. The summed E-state index contributed by atoms with van der Waals surface area (Å²) in [6.45, 7) is 6.82. The van der Waals surface area contributed by atoms with Crippen LogP contribution in [0.2, 0.25) is 0 Å². The first-order chi connectivity index (χ1) is 23.8. The molecule has 2 saturated carbocycles. The van der Waals surface area contributed by atoms with Crippen LogP contribution >= 0.6 is 0 Å². The number of sulfone groups is 1. The molecule has 0 aromatic heterocycles. The van der Waals surface area contributed by atoms with Crippen molar-refractivity contribution in [2.75, 3.05) is 64.4 Å². The molecule has 9 nitrogen and oxygen atoms in total. The average molecular weight is 715 g/mol. The summed E-state index contributed by atoms with van der Waals surface area (Å²) in [6.07, 6.45) is 5.70. The van der Waals surface area contributed by atoms with Crippen LogP contribution in [0.4, 0.5) is 19.3 Å². The number of carbonyl (C=O) groups is 1. The lowest BCUT2D eigenvalue weighted by atomic mass is 9.57. The Morgan fingerprint density at radius 1 is 1.00 bits per heavy atom. The fourth-order valence-electron chi connectivity index (χ4n) is 9.84. The Morgan fingerprint density at radius 3 is 2.30 bits per heavy atom. The van der Waals surface area contributed by atoms with E-state index in [1.54, 1.807) is 37.3 Å². The summed E-state index contributed by atoms with van der Waals surface area (Å²) in [5, 5.41) is 12.6. The Bertz CT molecular complexity index is 1630. The number of anilines is 1. The summed E-state index contributed by atoms with van der Waals surface area (Å²) in [6, 6.07) is 13.7. The lowest BCUT2D eigenvalue weighted by Gasteiger charge is -2.54. The smallest absolute Gasteiger partial charge is 0.407 e. The molecule has 3 saturated heterocycles. The zero-order chi connectivity index (χ0) is 35.3. The van der Waals surface area contributed by atoms with Crippen LogP contribution in [0.5, 0.6) is 0 Å². The maximum atomic E-state index is 16.1. The van der Waals surface area contributed by atoms with Crippen molar-refractivity contribution in [3.63, 3.8) is 0 Å². The molecule has 2 aromatic rings. The molecule has 0 radical (unpaired) electrons. The Kier molecular flexibility index (Phi) is 9.71. The molecule has 12 heteroatoms. The number of nitrogens with one attached hydrogen (secondary N) is 1. The molecular formula is C38H52F2N4O5S. The molecule has 5 aliphatic rings. The Hall–Kier alpha value is -2.80. The zero-order valence-electron chi connectivity index (χ0n) is 29.3. The number of halogens is 2. The zero-order valence-corrected chi connectivity index (χ0v) is 30.1. The third-order valence-electron chi connectivity index (χ3n) is 12.5. The topological polar surface area (TPSA) is 102 Å². The summed E-state index contributed by atoms with van der Waals surface area (Å²) in [7, 11) is -2.12. The van der Waals surface area contributed by atoms with Gasteiger partial charge in [-0.05, 0) is 132 Å². The number of nitrogens with zero attached hydrogens (tertiary/aromatic N) is 3. The van der Waals surface area contributed by atoms with Gasteiger partial charge in [0, 0.05) is 30.2 Å². The quantitative estimate of drug-likeness (QED) is 0.339. The highest BCUT2D eigenvalue weighted by atomic mass is 32.2. The van der Waals surface area contributed by atoms with Gasteiger partial charge in [0.05, 0.1) is 35.9 Å². The van der Waals surface area contributed by atoms with Gasteiger partial charge in [0.1, 0.15) is 5.82 Å². The molecule has 5 fully saturated rings. The van der Waals surface area contributed by atoms with Gasteiger partial charge in [-0.1, -0.05) is 18.6 Å². The minimum atomic E-state index is -3.51. The van der Waals surface area contributed by atoms with Gasteiger partial charge in [0.2, 0.25) is 0 Å². The summed E-state index contributed by atoms with van der Waals surface area (Å²) >= 11 is 0. The number of rotatable bonds is 11. The van der Waals surface area contributed by atoms with Crippen molar-refractivity contribution in [3.8, 4) is 0 Å². The first kappa shape index (κ1) is 35.6. The van der Waals surface area contributed by atoms with E-state index in [2.05, 4.69) is 21.2 Å². The van der Waals surface area contributed by atoms with Crippen molar-refractivity contribution in [1.82, 2.24) is 15.1 Å².